The average molecular weight is 246 g/mol. The highest BCUT2D eigenvalue weighted by Gasteiger charge is 2.63. The van der Waals surface area contributed by atoms with Gasteiger partial charge in [0.05, 0.1) is 7.11 Å². The number of Topliss-reactive ketones (excluding diaryl/α,β-unsaturated/α-hetero) is 1. The van der Waals surface area contributed by atoms with Gasteiger partial charge >= 0.3 is 0 Å². The molecule has 2 bridgehead atoms. The van der Waals surface area contributed by atoms with Gasteiger partial charge in [-0.05, 0) is 24.2 Å². The van der Waals surface area contributed by atoms with Gasteiger partial charge in [0.2, 0.25) is 0 Å². The highest BCUT2D eigenvalue weighted by Crippen LogP contribution is 2.64. The summed E-state index contributed by atoms with van der Waals surface area (Å²) in [5, 5.41) is 4.35. The van der Waals surface area contributed by atoms with Gasteiger partial charge < -0.3 is 0 Å². The lowest BCUT2D eigenvalue weighted by Gasteiger charge is -2.35. The van der Waals surface area contributed by atoms with E-state index in [2.05, 4.69) is 23.8 Å². The van der Waals surface area contributed by atoms with Crippen molar-refractivity contribution in [1.29, 1.82) is 0 Å². The highest BCUT2D eigenvalue weighted by molar-refractivity contribution is 7.94. The van der Waals surface area contributed by atoms with Crippen molar-refractivity contribution in [3.05, 3.63) is 0 Å². The van der Waals surface area contributed by atoms with Gasteiger partial charge in [0.15, 0.2) is 0 Å². The summed E-state index contributed by atoms with van der Waals surface area (Å²) in [4.78, 5) is 16.4. The summed E-state index contributed by atoms with van der Waals surface area (Å²) in [6, 6.07) is 0. The average Bonchev–Trinajstić information content (AvgIpc) is 2.58. The van der Waals surface area contributed by atoms with Crippen molar-refractivity contribution in [3.63, 3.8) is 0 Å². The van der Waals surface area contributed by atoms with Gasteiger partial charge in [-0.2, -0.15) is 0 Å². The maximum absolute atomic E-state index is 12.1. The van der Waals surface area contributed by atoms with Crippen LogP contribution < -0.4 is 0 Å². The maximum Gasteiger partial charge on any atom is 0.140 e. The molecule has 16 heavy (non-hydrogen) atoms. The summed E-state index contributed by atoms with van der Waals surface area (Å²) in [6.07, 6.45) is 2.87. The van der Waals surface area contributed by atoms with Crippen LogP contribution in [0, 0.1) is 16.7 Å². The van der Waals surface area contributed by atoms with Crippen molar-refractivity contribution in [3.8, 4) is 0 Å². The van der Waals surface area contributed by atoms with Crippen LogP contribution in [-0.2, 0) is 19.1 Å². The molecule has 2 atom stereocenters. The maximum atomic E-state index is 12.1. The molecule has 2 rings (SSSR count). The van der Waals surface area contributed by atoms with E-state index in [1.54, 1.807) is 0 Å². The van der Waals surface area contributed by atoms with Gasteiger partial charge in [0.25, 0.3) is 0 Å². The zero-order chi connectivity index (χ0) is 11.8. The first-order valence-electron chi connectivity index (χ1n) is 5.57. The fourth-order valence-corrected chi connectivity index (χ4v) is 4.30. The monoisotopic (exact) mass is 246 g/mol. The number of rotatable bonds is 5. The van der Waals surface area contributed by atoms with Crippen molar-refractivity contribution in [2.24, 2.45) is 16.7 Å². The smallest absolute Gasteiger partial charge is 0.140 e. The van der Waals surface area contributed by atoms with Crippen LogP contribution in [-0.4, -0.2) is 18.6 Å². The molecule has 2 saturated carbocycles. The third kappa shape index (κ3) is 1.61. The van der Waals surface area contributed by atoms with E-state index in [1.807, 2.05) is 0 Å². The van der Waals surface area contributed by atoms with Crippen LogP contribution in [0.5, 0.6) is 0 Å². The molecular weight excluding hydrogens is 228 g/mol. The molecule has 2 aliphatic rings. The Morgan fingerprint density at radius 3 is 2.75 bits per heavy atom. The molecular formula is C11H18O4S. The Morgan fingerprint density at radius 1 is 1.50 bits per heavy atom. The van der Waals surface area contributed by atoms with Gasteiger partial charge in [-0.15, -0.1) is 4.33 Å². The molecule has 0 radical (unpaired) electrons. The quantitative estimate of drug-likeness (QED) is 0.323. The summed E-state index contributed by atoms with van der Waals surface area (Å²) < 4.78 is 4.77. The van der Waals surface area contributed by atoms with Crippen LogP contribution in [0.4, 0.5) is 0 Å². The summed E-state index contributed by atoms with van der Waals surface area (Å²) in [5.41, 5.74) is -0.132. The van der Waals surface area contributed by atoms with Gasteiger partial charge in [-0.1, -0.05) is 18.9 Å². The molecule has 0 aromatic carbocycles. The van der Waals surface area contributed by atoms with Crippen molar-refractivity contribution < 1.29 is 19.1 Å². The fraction of sp³-hybridized carbons (Fsp3) is 0.909. The Balaban J connectivity index is 2.01. The Kier molecular flexibility index (Phi) is 3.32. The lowest BCUT2D eigenvalue weighted by atomic mass is 9.70. The standard InChI is InChI=1S/C11H18O4S/c1-10(2)8-4-5-11(10,9(12)6-8)7-16-15-14-13-3/h8H,4-7H2,1-3H3. The number of fused-ring (bicyclic) bond motifs is 2. The second-order valence-electron chi connectivity index (χ2n) is 5.23. The second kappa shape index (κ2) is 4.29. The molecule has 0 aliphatic heterocycles. The van der Waals surface area contributed by atoms with E-state index >= 15 is 0 Å². The Hall–Kier alpha value is -0.100. The van der Waals surface area contributed by atoms with Crippen molar-refractivity contribution in [1.82, 2.24) is 0 Å². The minimum atomic E-state index is -0.223. The second-order valence-corrected chi connectivity index (χ2v) is 5.89. The van der Waals surface area contributed by atoms with E-state index in [-0.39, 0.29) is 10.8 Å². The minimum Gasteiger partial charge on any atom is -0.299 e. The Bertz CT molecular complexity index is 292. The van der Waals surface area contributed by atoms with E-state index in [4.69, 9.17) is 4.33 Å². The third-order valence-corrected chi connectivity index (χ3v) is 5.35. The number of ketones is 1. The molecule has 0 amide bonds. The molecule has 2 unspecified atom stereocenters. The molecule has 0 spiro atoms. The molecule has 5 heteroatoms. The minimum absolute atomic E-state index is 0.0908. The molecule has 0 N–H and O–H groups in total. The molecule has 92 valence electrons. The van der Waals surface area contributed by atoms with Crippen LogP contribution in [0.2, 0.25) is 0 Å². The van der Waals surface area contributed by atoms with Gasteiger partial charge in [0.1, 0.15) is 5.78 Å². The summed E-state index contributed by atoms with van der Waals surface area (Å²) in [7, 11) is 1.38. The number of carbonyl (C=O) groups is 1. The lowest BCUT2D eigenvalue weighted by molar-refractivity contribution is -0.447. The van der Waals surface area contributed by atoms with Crippen LogP contribution in [0.15, 0.2) is 0 Å². The molecule has 2 fully saturated rings. The molecule has 0 heterocycles. The highest BCUT2D eigenvalue weighted by atomic mass is 32.2. The molecule has 4 nitrogen and oxygen atoms in total. The summed E-state index contributed by atoms with van der Waals surface area (Å²) in [6.45, 7) is 4.40. The van der Waals surface area contributed by atoms with Crippen LogP contribution in [0.1, 0.15) is 33.1 Å². The molecule has 0 aromatic rings. The van der Waals surface area contributed by atoms with Crippen molar-refractivity contribution in [2.75, 3.05) is 12.9 Å². The number of hydrogen-bond acceptors (Lipinski definition) is 5. The number of hydrogen-bond donors (Lipinski definition) is 0. The third-order valence-electron chi connectivity index (χ3n) is 4.59. The summed E-state index contributed by atoms with van der Waals surface area (Å²) >= 11 is 1.16. The summed E-state index contributed by atoms with van der Waals surface area (Å²) in [5.74, 6) is 1.59. The fourth-order valence-electron chi connectivity index (χ4n) is 3.28. The predicted molar refractivity (Wildman–Crippen MR) is 60.2 cm³/mol. The van der Waals surface area contributed by atoms with Gasteiger partial charge in [-0.25, -0.2) is 4.89 Å². The first-order valence-corrected chi connectivity index (χ1v) is 6.48. The molecule has 2 aliphatic carbocycles. The van der Waals surface area contributed by atoms with E-state index in [0.717, 1.165) is 31.3 Å². The Morgan fingerprint density at radius 2 is 2.25 bits per heavy atom. The van der Waals surface area contributed by atoms with E-state index < -0.39 is 0 Å². The first-order chi connectivity index (χ1) is 7.54. The SMILES string of the molecule is COOOSCC12CCC(CC1=O)C2(C)C. The van der Waals surface area contributed by atoms with E-state index in [0.29, 0.717) is 17.5 Å². The zero-order valence-corrected chi connectivity index (χ0v) is 10.8. The normalized spacial score (nSPS) is 35.9. The van der Waals surface area contributed by atoms with E-state index in [1.165, 1.54) is 7.11 Å². The van der Waals surface area contributed by atoms with Gasteiger partial charge in [-0.3, -0.25) is 4.79 Å². The van der Waals surface area contributed by atoms with Gasteiger partial charge in [0, 0.05) is 29.6 Å². The van der Waals surface area contributed by atoms with E-state index in [9.17, 15) is 4.79 Å². The van der Waals surface area contributed by atoms with Crippen molar-refractivity contribution in [2.45, 2.75) is 33.1 Å². The Labute approximate surface area is 100 Å². The van der Waals surface area contributed by atoms with Crippen LogP contribution in [0.25, 0.3) is 0 Å². The largest absolute Gasteiger partial charge is 0.299 e. The topological polar surface area (TPSA) is 44.8 Å². The zero-order valence-electron chi connectivity index (χ0n) is 9.95. The number of carbonyl (C=O) groups excluding carboxylic acids is 1. The predicted octanol–water partition coefficient (Wildman–Crippen LogP) is 2.54. The first kappa shape index (κ1) is 12.4. The lowest BCUT2D eigenvalue weighted by Crippen LogP contribution is -2.38. The molecule has 0 saturated heterocycles. The molecule has 0 aromatic heterocycles. The van der Waals surface area contributed by atoms with Crippen molar-refractivity contribution >= 4 is 17.8 Å². The van der Waals surface area contributed by atoms with Crippen LogP contribution >= 0.6 is 12.0 Å². The van der Waals surface area contributed by atoms with Crippen LogP contribution in [0.3, 0.4) is 0 Å².